The maximum absolute atomic E-state index is 12.4. The molecule has 6 heteroatoms. The summed E-state index contributed by atoms with van der Waals surface area (Å²) in [5, 5.41) is 1.97. The summed E-state index contributed by atoms with van der Waals surface area (Å²) in [7, 11) is 0. The maximum atomic E-state index is 12.4. The maximum Gasteiger partial charge on any atom is 0.339 e. The number of ketones is 2. The predicted molar refractivity (Wildman–Crippen MR) is 176 cm³/mol. The van der Waals surface area contributed by atoms with E-state index >= 15 is 0 Å². The molecule has 3 aromatic carbocycles. The monoisotopic (exact) mass is 598 g/mol. The Labute approximate surface area is 261 Å². The lowest BCUT2D eigenvalue weighted by atomic mass is 9.92. The number of hydrogen-bond donors (Lipinski definition) is 0. The molecule has 0 aliphatic heterocycles. The second-order valence-corrected chi connectivity index (χ2v) is 11.2. The molecule has 3 aromatic rings. The minimum atomic E-state index is -0.444. The van der Waals surface area contributed by atoms with E-state index in [1.807, 2.05) is 24.3 Å². The van der Waals surface area contributed by atoms with E-state index in [4.69, 9.17) is 9.47 Å². The van der Waals surface area contributed by atoms with E-state index < -0.39 is 11.9 Å². The highest BCUT2D eigenvalue weighted by Crippen LogP contribution is 2.24. The van der Waals surface area contributed by atoms with Gasteiger partial charge in [-0.2, -0.15) is 0 Å². The van der Waals surface area contributed by atoms with Crippen LogP contribution in [0.4, 0.5) is 0 Å². The number of allylic oxidation sites excluding steroid dienone is 2. The van der Waals surface area contributed by atoms with E-state index in [0.29, 0.717) is 35.5 Å². The van der Waals surface area contributed by atoms with Gasteiger partial charge in [-0.3, -0.25) is 9.59 Å². The van der Waals surface area contributed by atoms with E-state index in [0.717, 1.165) is 36.5 Å². The van der Waals surface area contributed by atoms with Crippen LogP contribution in [0.1, 0.15) is 132 Å². The largest absolute Gasteiger partial charge is 0.462 e. The molecule has 0 aromatic heterocycles. The van der Waals surface area contributed by atoms with Crippen LogP contribution in [0.2, 0.25) is 0 Å². The van der Waals surface area contributed by atoms with Gasteiger partial charge in [-0.25, -0.2) is 9.59 Å². The summed E-state index contributed by atoms with van der Waals surface area (Å²) in [6.45, 7) is 5.17. The zero-order valence-electron chi connectivity index (χ0n) is 26.3. The fourth-order valence-corrected chi connectivity index (χ4v) is 5.07. The quantitative estimate of drug-likeness (QED) is 0.121. The Morgan fingerprint density at radius 2 is 0.886 bits per heavy atom. The van der Waals surface area contributed by atoms with Crippen LogP contribution in [0.3, 0.4) is 0 Å². The fraction of sp³-hybridized carbons (Fsp3) is 0.421. The van der Waals surface area contributed by atoms with E-state index in [9.17, 15) is 19.2 Å². The van der Waals surface area contributed by atoms with Crippen LogP contribution >= 0.6 is 0 Å². The molecule has 1 aliphatic rings. The van der Waals surface area contributed by atoms with E-state index in [1.165, 1.54) is 63.5 Å². The van der Waals surface area contributed by atoms with Crippen molar-refractivity contribution in [1.29, 1.82) is 0 Å². The van der Waals surface area contributed by atoms with Crippen molar-refractivity contribution in [1.82, 2.24) is 0 Å². The Hall–Kier alpha value is -4.06. The van der Waals surface area contributed by atoms with Crippen molar-refractivity contribution < 1.29 is 28.7 Å². The van der Waals surface area contributed by atoms with E-state index in [2.05, 4.69) is 13.8 Å². The highest BCUT2D eigenvalue weighted by molar-refractivity contribution is 6.23. The topological polar surface area (TPSA) is 86.7 Å². The van der Waals surface area contributed by atoms with Gasteiger partial charge in [0.1, 0.15) is 0 Å². The number of benzene rings is 3. The number of esters is 2. The third-order valence-corrected chi connectivity index (χ3v) is 7.63. The highest BCUT2D eigenvalue weighted by atomic mass is 16.5. The van der Waals surface area contributed by atoms with Gasteiger partial charge >= 0.3 is 11.9 Å². The van der Waals surface area contributed by atoms with Gasteiger partial charge in [-0.05, 0) is 60.0 Å². The lowest BCUT2D eigenvalue weighted by molar-refractivity contribution is 0.0450. The third-order valence-electron chi connectivity index (χ3n) is 7.63. The first kappa shape index (κ1) is 34.4. The Balaban J connectivity index is 0.000000275. The molecule has 0 atom stereocenters. The van der Waals surface area contributed by atoms with Crippen molar-refractivity contribution in [3.8, 4) is 0 Å². The second-order valence-electron chi connectivity index (χ2n) is 11.2. The van der Waals surface area contributed by atoms with Crippen molar-refractivity contribution in [3.05, 3.63) is 95.1 Å². The number of unbranched alkanes of at least 4 members (excludes halogenated alkanes) is 10. The van der Waals surface area contributed by atoms with Crippen LogP contribution < -0.4 is 0 Å². The predicted octanol–water partition coefficient (Wildman–Crippen LogP) is 9.50. The average molecular weight is 599 g/mol. The first-order valence-electron chi connectivity index (χ1n) is 16.2. The van der Waals surface area contributed by atoms with Crippen LogP contribution in [-0.2, 0) is 9.47 Å². The Morgan fingerprint density at radius 1 is 0.523 bits per heavy atom. The molecule has 0 heterocycles. The fourth-order valence-electron chi connectivity index (χ4n) is 5.07. The van der Waals surface area contributed by atoms with Crippen molar-refractivity contribution in [2.24, 2.45) is 0 Å². The summed E-state index contributed by atoms with van der Waals surface area (Å²) in [6, 6.07) is 18.0. The number of fused-ring (bicyclic) bond motifs is 2. The Bertz CT molecular complexity index is 1310. The molecule has 1 aliphatic carbocycles. The summed E-state index contributed by atoms with van der Waals surface area (Å²) in [5.74, 6) is -1.08. The number of rotatable bonds is 16. The molecular formula is C38H46O6. The highest BCUT2D eigenvalue weighted by Gasteiger charge is 2.20. The summed E-state index contributed by atoms with van der Waals surface area (Å²) in [5.41, 5.74) is 1.60. The standard InChI is InChI=1S/C24H38O4.C14H8O2/c1-3-5-7-9-11-15-19-27-23(25)21-17-13-14-18-22(21)24(26)28-20-16-12-10-8-6-4-2;15-13-5-6-14(16)12-8-10-4-2-1-3-9(10)7-11(12)13/h13-14,17-18H,3-12,15-16,19-20H2,1-2H3;1-8H. The van der Waals surface area contributed by atoms with Gasteiger partial charge < -0.3 is 9.47 Å². The molecule has 0 radical (unpaired) electrons. The number of ether oxygens (including phenoxy) is 2. The molecule has 0 unspecified atom stereocenters. The average Bonchev–Trinajstić information content (AvgIpc) is 3.05. The zero-order valence-corrected chi connectivity index (χ0v) is 26.3. The van der Waals surface area contributed by atoms with Crippen LogP contribution in [0.5, 0.6) is 0 Å². The summed E-state index contributed by atoms with van der Waals surface area (Å²) >= 11 is 0. The van der Waals surface area contributed by atoms with Gasteiger partial charge in [0.2, 0.25) is 0 Å². The molecule has 0 N–H and O–H groups in total. The van der Waals surface area contributed by atoms with E-state index in [1.54, 1.807) is 36.4 Å². The van der Waals surface area contributed by atoms with Crippen molar-refractivity contribution >= 4 is 34.3 Å². The van der Waals surface area contributed by atoms with Crippen molar-refractivity contribution in [3.63, 3.8) is 0 Å². The van der Waals surface area contributed by atoms with Gasteiger partial charge in [0.25, 0.3) is 0 Å². The van der Waals surface area contributed by atoms with Crippen LogP contribution in [0.25, 0.3) is 10.8 Å². The molecule has 44 heavy (non-hydrogen) atoms. The van der Waals surface area contributed by atoms with E-state index in [-0.39, 0.29) is 11.6 Å². The summed E-state index contributed by atoms with van der Waals surface area (Å²) < 4.78 is 10.7. The van der Waals surface area contributed by atoms with Crippen LogP contribution in [0, 0.1) is 0 Å². The van der Waals surface area contributed by atoms with Crippen LogP contribution in [0.15, 0.2) is 72.8 Å². The zero-order chi connectivity index (χ0) is 31.6. The Morgan fingerprint density at radius 3 is 1.30 bits per heavy atom. The molecule has 234 valence electrons. The Kier molecular flexibility index (Phi) is 15.1. The molecular weight excluding hydrogens is 552 g/mol. The number of hydrogen-bond acceptors (Lipinski definition) is 6. The minimum absolute atomic E-state index is 0.0969. The molecule has 0 amide bonds. The SMILES string of the molecule is CCCCCCCCOC(=O)c1ccccc1C(=O)OCCCCCCCC.O=C1C=CC(=O)c2cc3ccccc3cc21. The normalized spacial score (nSPS) is 12.0. The first-order valence-corrected chi connectivity index (χ1v) is 16.2. The van der Waals surface area contributed by atoms with Crippen molar-refractivity contribution in [2.45, 2.75) is 90.9 Å². The minimum Gasteiger partial charge on any atom is -0.462 e. The molecule has 0 saturated heterocycles. The molecule has 6 nitrogen and oxygen atoms in total. The number of carbonyl (C=O) groups is 4. The lowest BCUT2D eigenvalue weighted by Crippen LogP contribution is -2.15. The second kappa shape index (κ2) is 19.3. The third kappa shape index (κ3) is 10.9. The van der Waals surface area contributed by atoms with Gasteiger partial charge in [0.15, 0.2) is 11.6 Å². The summed E-state index contributed by atoms with van der Waals surface area (Å²) in [6.07, 6.45) is 16.3. The smallest absolute Gasteiger partial charge is 0.339 e. The molecule has 0 bridgehead atoms. The molecule has 0 spiro atoms. The first-order chi connectivity index (χ1) is 21.5. The van der Waals surface area contributed by atoms with Crippen molar-refractivity contribution in [2.75, 3.05) is 13.2 Å². The summed E-state index contributed by atoms with van der Waals surface area (Å²) in [4.78, 5) is 48.0. The van der Waals surface area contributed by atoms with Crippen LogP contribution in [-0.4, -0.2) is 36.7 Å². The van der Waals surface area contributed by atoms with Gasteiger partial charge in [0.05, 0.1) is 24.3 Å². The van der Waals surface area contributed by atoms with Gasteiger partial charge in [-0.15, -0.1) is 0 Å². The van der Waals surface area contributed by atoms with Gasteiger partial charge in [0, 0.05) is 11.1 Å². The number of carbonyl (C=O) groups excluding carboxylic acids is 4. The molecule has 0 saturated carbocycles. The molecule has 0 fully saturated rings. The lowest BCUT2D eigenvalue weighted by Gasteiger charge is -2.10. The van der Waals surface area contributed by atoms with Gasteiger partial charge in [-0.1, -0.05) is 114 Å². The molecule has 4 rings (SSSR count).